The average Bonchev–Trinajstić information content (AvgIpc) is 2.05. The van der Waals surface area contributed by atoms with Crippen LogP contribution in [0.5, 0.6) is 0 Å². The summed E-state index contributed by atoms with van der Waals surface area (Å²) in [6.45, 7) is 1.33. The van der Waals surface area contributed by atoms with Crippen LogP contribution in [0.4, 0.5) is 5.69 Å². The summed E-state index contributed by atoms with van der Waals surface area (Å²) in [6.07, 6.45) is 0. The van der Waals surface area contributed by atoms with Crippen molar-refractivity contribution in [2.45, 2.75) is 6.92 Å². The van der Waals surface area contributed by atoms with E-state index >= 15 is 0 Å². The van der Waals surface area contributed by atoms with Crippen LogP contribution >= 0.6 is 0 Å². The second-order valence-electron chi connectivity index (χ2n) is 2.32. The Morgan fingerprint density at radius 3 is 2.50 bits per heavy atom. The Morgan fingerprint density at radius 2 is 2.00 bits per heavy atom. The molecule has 2 N–H and O–H groups in total. The van der Waals surface area contributed by atoms with Crippen LogP contribution in [0.2, 0.25) is 0 Å². The third-order valence-electron chi connectivity index (χ3n) is 1.26. The molecule has 4 nitrogen and oxygen atoms in total. The van der Waals surface area contributed by atoms with Crippen molar-refractivity contribution in [1.82, 2.24) is 5.43 Å². The minimum absolute atomic E-state index is 0.318. The summed E-state index contributed by atoms with van der Waals surface area (Å²) < 4.78 is 0. The lowest BCUT2D eigenvalue weighted by Gasteiger charge is -2.15. The molecule has 0 unspecified atom stereocenters. The van der Waals surface area contributed by atoms with Gasteiger partial charge in [0, 0.05) is 6.92 Å². The number of anilines is 1. The molecule has 1 amide bonds. The molecule has 0 aliphatic carbocycles. The third-order valence-corrected chi connectivity index (χ3v) is 1.26. The van der Waals surface area contributed by atoms with Crippen LogP contribution in [-0.4, -0.2) is 11.1 Å². The lowest BCUT2D eigenvalue weighted by atomic mass is 10.3. The van der Waals surface area contributed by atoms with Crippen molar-refractivity contribution in [1.29, 1.82) is 0 Å². The van der Waals surface area contributed by atoms with E-state index in [2.05, 4.69) is 5.43 Å². The van der Waals surface area contributed by atoms with Crippen LogP contribution in [0.15, 0.2) is 30.3 Å². The van der Waals surface area contributed by atoms with Crippen LogP contribution in [0.25, 0.3) is 0 Å². The maximum Gasteiger partial charge on any atom is 0.237 e. The summed E-state index contributed by atoms with van der Waals surface area (Å²) >= 11 is 0. The molecule has 0 aliphatic rings. The molecule has 1 aromatic rings. The van der Waals surface area contributed by atoms with E-state index in [1.165, 1.54) is 6.92 Å². The predicted octanol–water partition coefficient (Wildman–Crippen LogP) is 0.933. The molecule has 1 rings (SSSR count). The Kier molecular flexibility index (Phi) is 2.66. The average molecular weight is 166 g/mol. The first kappa shape index (κ1) is 8.55. The number of hydrazine groups is 1. The van der Waals surface area contributed by atoms with E-state index in [0.29, 0.717) is 10.9 Å². The quantitative estimate of drug-likeness (QED) is 0.643. The minimum atomic E-state index is -0.318. The van der Waals surface area contributed by atoms with Crippen molar-refractivity contribution in [3.05, 3.63) is 30.3 Å². The Hall–Kier alpha value is -1.55. The Bertz CT molecular complexity index is 261. The van der Waals surface area contributed by atoms with Gasteiger partial charge in [0.05, 0.1) is 5.69 Å². The van der Waals surface area contributed by atoms with E-state index in [-0.39, 0.29) is 5.91 Å². The van der Waals surface area contributed by atoms with Crippen LogP contribution in [0, 0.1) is 0 Å². The molecule has 0 saturated heterocycles. The third kappa shape index (κ3) is 2.25. The minimum Gasteiger partial charge on any atom is -0.274 e. The van der Waals surface area contributed by atoms with Crippen LogP contribution < -0.4 is 10.6 Å². The maximum absolute atomic E-state index is 10.5. The molecule has 0 aromatic heterocycles. The SMILES string of the molecule is CC(=O)NN(O)c1ccccc1. The summed E-state index contributed by atoms with van der Waals surface area (Å²) in [4.78, 5) is 10.5. The molecule has 0 atom stereocenters. The van der Waals surface area contributed by atoms with Gasteiger partial charge in [-0.05, 0) is 12.1 Å². The number of amides is 1. The highest BCUT2D eigenvalue weighted by molar-refractivity contribution is 5.74. The molecule has 64 valence electrons. The van der Waals surface area contributed by atoms with Gasteiger partial charge in [-0.25, -0.2) is 5.43 Å². The largest absolute Gasteiger partial charge is 0.274 e. The number of para-hydroxylation sites is 1. The highest BCUT2D eigenvalue weighted by Gasteiger charge is 2.01. The van der Waals surface area contributed by atoms with Crippen LogP contribution in [0.1, 0.15) is 6.92 Å². The summed E-state index contributed by atoms with van der Waals surface area (Å²) in [5, 5.41) is 9.88. The molecule has 0 aliphatic heterocycles. The van der Waals surface area contributed by atoms with Crippen LogP contribution in [0.3, 0.4) is 0 Å². The molecule has 0 radical (unpaired) electrons. The van der Waals surface area contributed by atoms with E-state index in [1.54, 1.807) is 24.3 Å². The number of nitrogens with one attached hydrogen (secondary N) is 1. The van der Waals surface area contributed by atoms with E-state index in [4.69, 9.17) is 0 Å². The van der Waals surface area contributed by atoms with Crippen molar-refractivity contribution >= 4 is 11.6 Å². The van der Waals surface area contributed by atoms with Gasteiger partial charge >= 0.3 is 0 Å². The summed E-state index contributed by atoms with van der Waals surface area (Å²) in [6, 6.07) is 8.71. The molecule has 0 heterocycles. The number of benzene rings is 1. The fourth-order valence-electron chi connectivity index (χ4n) is 0.783. The molecular formula is C8H10N2O2. The van der Waals surface area contributed by atoms with Gasteiger partial charge < -0.3 is 0 Å². The number of nitrogens with zero attached hydrogens (tertiary/aromatic N) is 1. The number of carbonyl (C=O) groups is 1. The maximum atomic E-state index is 10.5. The van der Waals surface area contributed by atoms with Crippen molar-refractivity contribution in [3.63, 3.8) is 0 Å². The molecule has 0 bridgehead atoms. The lowest BCUT2D eigenvalue weighted by Crippen LogP contribution is -2.38. The van der Waals surface area contributed by atoms with E-state index in [0.717, 1.165) is 0 Å². The van der Waals surface area contributed by atoms with Crippen LogP contribution in [-0.2, 0) is 4.79 Å². The normalized spacial score (nSPS) is 9.17. The Labute approximate surface area is 70.4 Å². The number of hydrogen-bond donors (Lipinski definition) is 2. The molecule has 12 heavy (non-hydrogen) atoms. The second-order valence-corrected chi connectivity index (χ2v) is 2.32. The first-order chi connectivity index (χ1) is 5.70. The topological polar surface area (TPSA) is 52.6 Å². The number of hydrogen-bond acceptors (Lipinski definition) is 3. The smallest absolute Gasteiger partial charge is 0.237 e. The van der Waals surface area contributed by atoms with Crippen molar-refractivity contribution in [2.24, 2.45) is 0 Å². The van der Waals surface area contributed by atoms with E-state index < -0.39 is 0 Å². The van der Waals surface area contributed by atoms with Gasteiger partial charge in [0.1, 0.15) is 0 Å². The first-order valence-corrected chi connectivity index (χ1v) is 3.51. The van der Waals surface area contributed by atoms with Gasteiger partial charge in [0.15, 0.2) is 0 Å². The van der Waals surface area contributed by atoms with Gasteiger partial charge in [0.25, 0.3) is 0 Å². The summed E-state index contributed by atoms with van der Waals surface area (Å²) in [5.74, 6) is -0.318. The molecule has 0 fully saturated rings. The van der Waals surface area contributed by atoms with Gasteiger partial charge in [-0.2, -0.15) is 5.17 Å². The second kappa shape index (κ2) is 3.73. The number of rotatable bonds is 2. The van der Waals surface area contributed by atoms with Gasteiger partial charge in [-0.1, -0.05) is 18.2 Å². The zero-order chi connectivity index (χ0) is 8.97. The Balaban J connectivity index is 2.65. The van der Waals surface area contributed by atoms with Gasteiger partial charge in [0.2, 0.25) is 5.91 Å². The van der Waals surface area contributed by atoms with E-state index in [1.807, 2.05) is 6.07 Å². The summed E-state index contributed by atoms with van der Waals surface area (Å²) in [7, 11) is 0. The molecule has 0 spiro atoms. The predicted molar refractivity (Wildman–Crippen MR) is 44.5 cm³/mol. The highest BCUT2D eigenvalue weighted by Crippen LogP contribution is 2.07. The first-order valence-electron chi connectivity index (χ1n) is 3.51. The van der Waals surface area contributed by atoms with E-state index in [9.17, 15) is 10.0 Å². The zero-order valence-electron chi connectivity index (χ0n) is 6.69. The summed E-state index contributed by atoms with van der Waals surface area (Å²) in [5.41, 5.74) is 2.73. The van der Waals surface area contributed by atoms with Crippen molar-refractivity contribution < 1.29 is 10.0 Å². The molecule has 0 saturated carbocycles. The fraction of sp³-hybridized carbons (Fsp3) is 0.125. The monoisotopic (exact) mass is 166 g/mol. The fourth-order valence-corrected chi connectivity index (χ4v) is 0.783. The molecule has 4 heteroatoms. The van der Waals surface area contributed by atoms with Crippen molar-refractivity contribution in [2.75, 3.05) is 5.17 Å². The van der Waals surface area contributed by atoms with Gasteiger partial charge in [-0.15, -0.1) is 0 Å². The zero-order valence-corrected chi connectivity index (χ0v) is 6.69. The highest BCUT2D eigenvalue weighted by atomic mass is 16.5. The standard InChI is InChI=1S/C8H10N2O2/c1-7(11)9-10(12)8-5-3-2-4-6-8/h2-6,12H,1H3,(H,9,11). The number of carbonyl (C=O) groups excluding carboxylic acids is 1. The van der Waals surface area contributed by atoms with Crippen molar-refractivity contribution in [3.8, 4) is 0 Å². The van der Waals surface area contributed by atoms with Gasteiger partial charge in [-0.3, -0.25) is 10.0 Å². The lowest BCUT2D eigenvalue weighted by molar-refractivity contribution is -0.120. The molecule has 1 aromatic carbocycles. The molecular weight excluding hydrogens is 156 g/mol. The Morgan fingerprint density at radius 1 is 1.42 bits per heavy atom.